The number of rotatable bonds is 4. The minimum Gasteiger partial charge on any atom is -0.308 e. The zero-order valence-electron chi connectivity index (χ0n) is 33.1. The fourth-order valence-corrected chi connectivity index (χ4v) is 7.85. The summed E-state index contributed by atoms with van der Waals surface area (Å²) in [6.45, 7) is 21.0. The molecule has 0 saturated carbocycles. The van der Waals surface area contributed by atoms with E-state index in [1.807, 2.05) is 77.4 Å². The van der Waals surface area contributed by atoms with E-state index in [2.05, 4.69) is 99.5 Å². The Balaban J connectivity index is 1.28. The summed E-state index contributed by atoms with van der Waals surface area (Å²) in [7, 11) is 0. The SMILES string of the molecule is [C-]#[N+]c1ccc2c(c1)c1cc(C#N)ccc1n2-c1ccc(-c2nc(-c3ccccc3)nc(-n3c4ccc(C(C)(C)C)cc4c4cc(C(C)(C)C)ccc43)n2)cc1C#N. The number of hydrogen-bond acceptors (Lipinski definition) is 5. The summed E-state index contributed by atoms with van der Waals surface area (Å²) in [6, 6.07) is 44.6. The van der Waals surface area contributed by atoms with Crippen molar-refractivity contribution in [3.05, 3.63) is 155 Å². The molecule has 0 atom stereocenters. The Morgan fingerprint density at radius 3 is 1.67 bits per heavy atom. The van der Waals surface area contributed by atoms with Crippen molar-refractivity contribution in [3.8, 4) is 46.5 Å². The van der Waals surface area contributed by atoms with Crippen LogP contribution in [-0.4, -0.2) is 24.1 Å². The topological polar surface area (TPSA) is 100 Å². The highest BCUT2D eigenvalue weighted by atomic mass is 15.2. The molecule has 58 heavy (non-hydrogen) atoms. The molecule has 0 saturated heterocycles. The van der Waals surface area contributed by atoms with Crippen LogP contribution in [-0.2, 0) is 10.8 Å². The third-order valence-corrected chi connectivity index (χ3v) is 11.0. The number of fused-ring (bicyclic) bond motifs is 6. The molecule has 8 nitrogen and oxygen atoms in total. The van der Waals surface area contributed by atoms with E-state index in [0.717, 1.165) is 49.2 Å². The minimum absolute atomic E-state index is 0.0464. The van der Waals surface area contributed by atoms with Crippen LogP contribution in [0.25, 0.3) is 82.9 Å². The molecule has 0 N–H and O–H groups in total. The van der Waals surface area contributed by atoms with E-state index in [1.54, 1.807) is 12.1 Å². The van der Waals surface area contributed by atoms with Gasteiger partial charge in [-0.2, -0.15) is 20.5 Å². The number of nitriles is 2. The van der Waals surface area contributed by atoms with Crippen LogP contribution in [0.5, 0.6) is 0 Å². The summed E-state index contributed by atoms with van der Waals surface area (Å²) >= 11 is 0. The fourth-order valence-electron chi connectivity index (χ4n) is 7.85. The van der Waals surface area contributed by atoms with E-state index >= 15 is 0 Å². The van der Waals surface area contributed by atoms with Crippen molar-refractivity contribution < 1.29 is 0 Å². The molecule has 8 heteroatoms. The second kappa shape index (κ2) is 13.3. The average Bonchev–Trinajstić information content (AvgIpc) is 3.74. The summed E-state index contributed by atoms with van der Waals surface area (Å²) in [4.78, 5) is 19.0. The van der Waals surface area contributed by atoms with Gasteiger partial charge < -0.3 is 4.57 Å². The Hall–Kier alpha value is -7.60. The van der Waals surface area contributed by atoms with E-state index in [9.17, 15) is 10.5 Å². The molecule has 0 bridgehead atoms. The summed E-state index contributed by atoms with van der Waals surface area (Å²) in [6.07, 6.45) is 0. The Kier molecular flexibility index (Phi) is 8.25. The first-order valence-corrected chi connectivity index (χ1v) is 19.2. The molecule has 9 rings (SSSR count). The van der Waals surface area contributed by atoms with E-state index in [0.29, 0.717) is 45.7 Å². The molecule has 0 aliphatic rings. The van der Waals surface area contributed by atoms with Gasteiger partial charge in [0, 0.05) is 27.3 Å². The molecule has 3 aromatic heterocycles. The molecule has 6 aromatic carbocycles. The Morgan fingerprint density at radius 1 is 0.534 bits per heavy atom. The van der Waals surface area contributed by atoms with Gasteiger partial charge in [-0.05, 0) is 100 Å². The molecule has 0 unspecified atom stereocenters. The molecule has 0 amide bonds. The highest BCUT2D eigenvalue weighted by molar-refractivity contribution is 6.11. The minimum atomic E-state index is -0.0464. The second-order valence-corrected chi connectivity index (χ2v) is 16.8. The van der Waals surface area contributed by atoms with E-state index in [4.69, 9.17) is 21.5 Å². The Labute approximate surface area is 336 Å². The van der Waals surface area contributed by atoms with Crippen LogP contribution < -0.4 is 0 Å². The smallest absolute Gasteiger partial charge is 0.238 e. The first-order valence-electron chi connectivity index (χ1n) is 19.2. The van der Waals surface area contributed by atoms with Gasteiger partial charge in [0.05, 0.1) is 51.5 Å². The molecular formula is C50H38N8. The second-order valence-electron chi connectivity index (χ2n) is 16.8. The van der Waals surface area contributed by atoms with Crippen LogP contribution in [0.3, 0.4) is 0 Å². The van der Waals surface area contributed by atoms with Crippen LogP contribution in [0, 0.1) is 29.2 Å². The standard InChI is InChI=1S/C50H38N8/c1-49(2,3)34-15-20-44-38(25-34)39-26-35(50(4,5)6)16-21-45(39)58(44)48-55-46(31-11-9-8-10-12-31)54-47(56-48)32-14-19-41(33(24-32)29-52)57-42-18-13-30(28-51)23-37(42)40-27-36(53-7)17-22-43(40)57/h8-27H,1-6H3. The predicted octanol–water partition coefficient (Wildman–Crippen LogP) is 12.3. The largest absolute Gasteiger partial charge is 0.308 e. The van der Waals surface area contributed by atoms with Crippen LogP contribution in [0.15, 0.2) is 121 Å². The fraction of sp³-hybridized carbons (Fsp3) is 0.160. The quantitative estimate of drug-likeness (QED) is 0.167. The van der Waals surface area contributed by atoms with Gasteiger partial charge in [0.2, 0.25) is 5.95 Å². The average molecular weight is 751 g/mol. The first-order chi connectivity index (χ1) is 27.9. The molecule has 0 radical (unpaired) electrons. The molecule has 0 aliphatic heterocycles. The maximum absolute atomic E-state index is 10.7. The van der Waals surface area contributed by atoms with Gasteiger partial charge in [0.15, 0.2) is 17.3 Å². The van der Waals surface area contributed by atoms with E-state index < -0.39 is 0 Å². The van der Waals surface area contributed by atoms with E-state index in [1.165, 1.54) is 11.1 Å². The predicted molar refractivity (Wildman–Crippen MR) is 232 cm³/mol. The maximum atomic E-state index is 10.7. The van der Waals surface area contributed by atoms with Crippen molar-refractivity contribution >= 4 is 49.3 Å². The van der Waals surface area contributed by atoms with Gasteiger partial charge in [-0.3, -0.25) is 4.57 Å². The maximum Gasteiger partial charge on any atom is 0.238 e. The molecular weight excluding hydrogens is 713 g/mol. The van der Waals surface area contributed by atoms with Gasteiger partial charge in [-0.25, -0.2) is 9.83 Å². The van der Waals surface area contributed by atoms with Crippen LogP contribution in [0.1, 0.15) is 63.8 Å². The lowest BCUT2D eigenvalue weighted by molar-refractivity contribution is 0.590. The summed E-state index contributed by atoms with van der Waals surface area (Å²) in [5, 5.41) is 24.4. The van der Waals surface area contributed by atoms with Crippen LogP contribution in [0.2, 0.25) is 0 Å². The Bertz CT molecular complexity index is 3130. The van der Waals surface area contributed by atoms with Crippen molar-refractivity contribution in [2.75, 3.05) is 0 Å². The molecule has 0 spiro atoms. The van der Waals surface area contributed by atoms with Gasteiger partial charge in [-0.15, -0.1) is 0 Å². The van der Waals surface area contributed by atoms with E-state index in [-0.39, 0.29) is 10.8 Å². The molecule has 0 fully saturated rings. The summed E-state index contributed by atoms with van der Waals surface area (Å²) < 4.78 is 4.15. The lowest BCUT2D eigenvalue weighted by atomic mass is 9.85. The third-order valence-electron chi connectivity index (χ3n) is 11.0. The lowest BCUT2D eigenvalue weighted by Gasteiger charge is -2.19. The van der Waals surface area contributed by atoms with Gasteiger partial charge in [0.25, 0.3) is 0 Å². The van der Waals surface area contributed by atoms with Crippen molar-refractivity contribution in [3.63, 3.8) is 0 Å². The van der Waals surface area contributed by atoms with Crippen molar-refractivity contribution in [1.29, 1.82) is 10.5 Å². The Morgan fingerprint density at radius 2 is 1.09 bits per heavy atom. The zero-order valence-corrected chi connectivity index (χ0v) is 33.1. The van der Waals surface area contributed by atoms with Gasteiger partial charge in [0.1, 0.15) is 6.07 Å². The number of hydrogen-bond donors (Lipinski definition) is 0. The molecule has 0 aliphatic carbocycles. The number of aromatic nitrogens is 5. The summed E-state index contributed by atoms with van der Waals surface area (Å²) in [5.41, 5.74) is 9.62. The number of benzene rings is 6. The highest BCUT2D eigenvalue weighted by Gasteiger charge is 2.24. The number of nitrogens with zero attached hydrogens (tertiary/aromatic N) is 8. The first kappa shape index (κ1) is 36.1. The molecule has 9 aromatic rings. The van der Waals surface area contributed by atoms with Crippen molar-refractivity contribution in [1.82, 2.24) is 24.1 Å². The molecule has 278 valence electrons. The summed E-state index contributed by atoms with van der Waals surface area (Å²) in [5.74, 6) is 1.42. The molecule has 3 heterocycles. The third kappa shape index (κ3) is 5.93. The highest BCUT2D eigenvalue weighted by Crippen LogP contribution is 2.39. The normalized spacial score (nSPS) is 11.9. The zero-order chi connectivity index (χ0) is 40.5. The van der Waals surface area contributed by atoms with Gasteiger partial charge >= 0.3 is 0 Å². The van der Waals surface area contributed by atoms with Crippen molar-refractivity contribution in [2.24, 2.45) is 0 Å². The van der Waals surface area contributed by atoms with Crippen LogP contribution in [0.4, 0.5) is 5.69 Å². The van der Waals surface area contributed by atoms with Crippen LogP contribution >= 0.6 is 0 Å². The lowest BCUT2D eigenvalue weighted by Crippen LogP contribution is -2.10. The monoisotopic (exact) mass is 750 g/mol. The van der Waals surface area contributed by atoms with Crippen molar-refractivity contribution in [2.45, 2.75) is 52.4 Å². The van der Waals surface area contributed by atoms with Gasteiger partial charge in [-0.1, -0.05) is 90.1 Å².